The first-order valence-corrected chi connectivity index (χ1v) is 6.70. The molecule has 0 radical (unpaired) electrons. The quantitative estimate of drug-likeness (QED) is 0.584. The lowest BCUT2D eigenvalue weighted by atomic mass is 9.87. The molecule has 0 aliphatic rings. The second-order valence-corrected chi connectivity index (χ2v) is 5.08. The third-order valence-electron chi connectivity index (χ3n) is 3.51. The van der Waals surface area contributed by atoms with Gasteiger partial charge >= 0.3 is 12.1 Å². The number of benzene rings is 1. The number of allylic oxidation sites excluding steroid dienone is 2. The van der Waals surface area contributed by atoms with Crippen LogP contribution in [0.4, 0.5) is 13.2 Å². The van der Waals surface area contributed by atoms with E-state index < -0.39 is 17.6 Å². The van der Waals surface area contributed by atoms with Gasteiger partial charge in [0, 0.05) is 0 Å². The van der Waals surface area contributed by atoms with Crippen LogP contribution in [0.25, 0.3) is 0 Å². The second kappa shape index (κ2) is 6.78. The monoisotopic (exact) mass is 300 g/mol. The van der Waals surface area contributed by atoms with Crippen LogP contribution in [0.3, 0.4) is 0 Å². The van der Waals surface area contributed by atoms with Gasteiger partial charge in [-0.25, -0.2) is 0 Å². The number of halogens is 3. The zero-order valence-corrected chi connectivity index (χ0v) is 12.3. The lowest BCUT2D eigenvalue weighted by Gasteiger charge is -2.28. The fraction of sp³-hybridized carbons (Fsp3) is 0.438. The highest BCUT2D eigenvalue weighted by molar-refractivity contribution is 5.78. The first-order chi connectivity index (χ1) is 9.70. The SMILES string of the molecule is CCC(C)(C(=O)OC(C)=CCc1ccccc1)C(F)(F)F. The zero-order valence-electron chi connectivity index (χ0n) is 12.3. The van der Waals surface area contributed by atoms with E-state index in [4.69, 9.17) is 4.74 Å². The topological polar surface area (TPSA) is 26.3 Å². The summed E-state index contributed by atoms with van der Waals surface area (Å²) in [7, 11) is 0. The molecule has 1 rings (SSSR count). The van der Waals surface area contributed by atoms with Gasteiger partial charge in [-0.1, -0.05) is 37.3 Å². The van der Waals surface area contributed by atoms with Crippen molar-refractivity contribution in [3.8, 4) is 0 Å². The first kappa shape index (κ1) is 17.3. The van der Waals surface area contributed by atoms with E-state index in [1.165, 1.54) is 13.8 Å². The van der Waals surface area contributed by atoms with Crippen LogP contribution in [0.1, 0.15) is 32.8 Å². The molecule has 0 saturated carbocycles. The summed E-state index contributed by atoms with van der Waals surface area (Å²) in [5, 5.41) is 0. The van der Waals surface area contributed by atoms with Crippen LogP contribution in [0.15, 0.2) is 42.2 Å². The number of alkyl halides is 3. The van der Waals surface area contributed by atoms with Crippen molar-refractivity contribution in [1.82, 2.24) is 0 Å². The number of esters is 1. The Morgan fingerprint density at radius 2 is 1.81 bits per heavy atom. The number of carbonyl (C=O) groups excluding carboxylic acids is 1. The Morgan fingerprint density at radius 1 is 1.24 bits per heavy atom. The summed E-state index contributed by atoms with van der Waals surface area (Å²) in [5.41, 5.74) is -1.49. The van der Waals surface area contributed by atoms with Gasteiger partial charge in [-0.2, -0.15) is 13.2 Å². The van der Waals surface area contributed by atoms with Gasteiger partial charge in [-0.15, -0.1) is 0 Å². The molecule has 0 aliphatic carbocycles. The highest BCUT2D eigenvalue weighted by Gasteiger charge is 2.56. The lowest BCUT2D eigenvalue weighted by Crippen LogP contribution is -2.42. The molecule has 0 fully saturated rings. The Kier molecular flexibility index (Phi) is 5.58. The summed E-state index contributed by atoms with van der Waals surface area (Å²) in [5.74, 6) is -1.09. The standard InChI is InChI=1S/C16H19F3O2/c1-4-15(3,16(17,18)19)14(20)21-12(2)10-11-13-8-6-5-7-9-13/h5-10H,4,11H2,1-3H3. The smallest absolute Gasteiger partial charge is 0.404 e. The van der Waals surface area contributed by atoms with Crippen molar-refractivity contribution in [1.29, 1.82) is 0 Å². The van der Waals surface area contributed by atoms with Crippen molar-refractivity contribution in [3.05, 3.63) is 47.7 Å². The predicted octanol–water partition coefficient (Wildman–Crippen LogP) is 4.65. The number of ether oxygens (including phenoxy) is 1. The van der Waals surface area contributed by atoms with E-state index in [9.17, 15) is 18.0 Å². The summed E-state index contributed by atoms with van der Waals surface area (Å²) in [6.07, 6.45) is -2.89. The molecule has 1 unspecified atom stereocenters. The van der Waals surface area contributed by atoms with Crippen molar-refractivity contribution >= 4 is 5.97 Å². The normalized spacial score (nSPS) is 15.4. The lowest BCUT2D eigenvalue weighted by molar-refractivity contribution is -0.228. The van der Waals surface area contributed by atoms with Crippen molar-refractivity contribution in [2.75, 3.05) is 0 Å². The van der Waals surface area contributed by atoms with Gasteiger partial charge in [0.2, 0.25) is 0 Å². The van der Waals surface area contributed by atoms with Crippen molar-refractivity contribution < 1.29 is 22.7 Å². The molecule has 21 heavy (non-hydrogen) atoms. The Hall–Kier alpha value is -1.78. The van der Waals surface area contributed by atoms with Crippen molar-refractivity contribution in [2.45, 2.75) is 39.8 Å². The molecule has 2 nitrogen and oxygen atoms in total. The van der Waals surface area contributed by atoms with Gasteiger partial charge in [0.15, 0.2) is 5.41 Å². The average molecular weight is 300 g/mol. The maximum atomic E-state index is 12.9. The zero-order chi connectivity index (χ0) is 16.1. The first-order valence-electron chi connectivity index (χ1n) is 6.70. The number of hydrogen-bond acceptors (Lipinski definition) is 2. The largest absolute Gasteiger partial charge is 0.431 e. The summed E-state index contributed by atoms with van der Waals surface area (Å²) in [4.78, 5) is 11.8. The molecule has 0 saturated heterocycles. The highest BCUT2D eigenvalue weighted by Crippen LogP contribution is 2.42. The van der Waals surface area contributed by atoms with Crippen LogP contribution < -0.4 is 0 Å². The Labute approximate surface area is 122 Å². The molecule has 5 heteroatoms. The highest BCUT2D eigenvalue weighted by atomic mass is 19.4. The van der Waals surface area contributed by atoms with Crippen LogP contribution in [0, 0.1) is 5.41 Å². The molecule has 1 atom stereocenters. The molecule has 0 spiro atoms. The van der Waals surface area contributed by atoms with Crippen LogP contribution in [-0.2, 0) is 16.0 Å². The van der Waals surface area contributed by atoms with Gasteiger partial charge < -0.3 is 4.74 Å². The molecule has 1 aromatic carbocycles. The van der Waals surface area contributed by atoms with E-state index >= 15 is 0 Å². The molecular weight excluding hydrogens is 281 g/mol. The molecular formula is C16H19F3O2. The van der Waals surface area contributed by atoms with E-state index in [1.54, 1.807) is 6.08 Å². The van der Waals surface area contributed by atoms with E-state index in [2.05, 4.69) is 0 Å². The summed E-state index contributed by atoms with van der Waals surface area (Å²) in [6.45, 7) is 3.66. The predicted molar refractivity (Wildman–Crippen MR) is 74.4 cm³/mol. The Bertz CT molecular complexity index is 506. The average Bonchev–Trinajstić information content (AvgIpc) is 2.44. The molecule has 0 bridgehead atoms. The van der Waals surface area contributed by atoms with Gasteiger partial charge in [0.1, 0.15) is 5.76 Å². The maximum Gasteiger partial charge on any atom is 0.404 e. The fourth-order valence-electron chi connectivity index (χ4n) is 1.64. The van der Waals surface area contributed by atoms with E-state index in [1.807, 2.05) is 30.3 Å². The molecule has 0 heterocycles. The third-order valence-corrected chi connectivity index (χ3v) is 3.51. The minimum absolute atomic E-state index is 0.174. The molecule has 0 N–H and O–H groups in total. The van der Waals surface area contributed by atoms with Gasteiger partial charge in [0.25, 0.3) is 0 Å². The maximum absolute atomic E-state index is 12.9. The number of hydrogen-bond donors (Lipinski definition) is 0. The molecule has 116 valence electrons. The van der Waals surface area contributed by atoms with Crippen molar-refractivity contribution in [2.24, 2.45) is 5.41 Å². The Balaban J connectivity index is 2.73. The molecule has 0 amide bonds. The van der Waals surface area contributed by atoms with E-state index in [0.717, 1.165) is 12.5 Å². The van der Waals surface area contributed by atoms with Gasteiger partial charge in [0.05, 0.1) is 0 Å². The van der Waals surface area contributed by atoms with Crippen molar-refractivity contribution in [3.63, 3.8) is 0 Å². The molecule has 1 aromatic rings. The van der Waals surface area contributed by atoms with Gasteiger partial charge in [-0.05, 0) is 38.3 Å². The van der Waals surface area contributed by atoms with Crippen LogP contribution in [0.5, 0.6) is 0 Å². The molecule has 0 aromatic heterocycles. The molecule has 0 aliphatic heterocycles. The fourth-order valence-corrected chi connectivity index (χ4v) is 1.64. The van der Waals surface area contributed by atoms with Crippen LogP contribution in [-0.4, -0.2) is 12.1 Å². The number of carbonyl (C=O) groups is 1. The second-order valence-electron chi connectivity index (χ2n) is 5.08. The van der Waals surface area contributed by atoms with E-state index in [0.29, 0.717) is 6.42 Å². The minimum atomic E-state index is -4.63. The van der Waals surface area contributed by atoms with E-state index in [-0.39, 0.29) is 12.2 Å². The van der Waals surface area contributed by atoms with Crippen LogP contribution >= 0.6 is 0 Å². The third kappa shape index (κ3) is 4.34. The number of rotatable bonds is 5. The minimum Gasteiger partial charge on any atom is -0.431 e. The van der Waals surface area contributed by atoms with Crippen LogP contribution in [0.2, 0.25) is 0 Å². The van der Waals surface area contributed by atoms with Gasteiger partial charge in [-0.3, -0.25) is 4.79 Å². The summed E-state index contributed by atoms with van der Waals surface area (Å²) in [6, 6.07) is 9.37. The summed E-state index contributed by atoms with van der Waals surface area (Å²) >= 11 is 0. The Morgan fingerprint density at radius 3 is 2.29 bits per heavy atom. The summed E-state index contributed by atoms with van der Waals surface area (Å²) < 4.78 is 43.7.